The first-order valence-corrected chi connectivity index (χ1v) is 7.05. The van der Waals surface area contributed by atoms with Crippen LogP contribution < -0.4 is 5.32 Å². The maximum atomic E-state index is 4.55. The molecule has 0 fully saturated rings. The van der Waals surface area contributed by atoms with Crippen LogP contribution >= 0.6 is 15.9 Å². The van der Waals surface area contributed by atoms with E-state index in [2.05, 4.69) is 62.0 Å². The highest BCUT2D eigenvalue weighted by atomic mass is 79.9. The van der Waals surface area contributed by atoms with Gasteiger partial charge in [0.1, 0.15) is 0 Å². The second kappa shape index (κ2) is 4.86. The van der Waals surface area contributed by atoms with Crippen molar-refractivity contribution in [3.05, 3.63) is 52.0 Å². The molecule has 0 bridgehead atoms. The van der Waals surface area contributed by atoms with E-state index in [1.54, 1.807) is 0 Å². The normalized spacial score (nSPS) is 18.7. The molecule has 3 rings (SSSR count). The van der Waals surface area contributed by atoms with Crippen molar-refractivity contribution in [2.75, 3.05) is 6.54 Å². The molecule has 1 aromatic heterocycles. The number of fused-ring (bicyclic) bond motifs is 1. The lowest BCUT2D eigenvalue weighted by atomic mass is 10.1. The zero-order valence-corrected chi connectivity index (χ0v) is 11.9. The molecule has 3 nitrogen and oxygen atoms in total. The van der Waals surface area contributed by atoms with Crippen molar-refractivity contribution in [1.82, 2.24) is 14.9 Å². The third-order valence-electron chi connectivity index (χ3n) is 3.44. The molecule has 2 aromatic rings. The summed E-state index contributed by atoms with van der Waals surface area (Å²) >= 11 is 3.52. The molecule has 1 aliphatic heterocycles. The zero-order chi connectivity index (χ0) is 12.5. The number of hydrogen-bond donors (Lipinski definition) is 1. The van der Waals surface area contributed by atoms with E-state index >= 15 is 0 Å². The van der Waals surface area contributed by atoms with Gasteiger partial charge in [-0.1, -0.05) is 28.1 Å². The van der Waals surface area contributed by atoms with E-state index in [0.29, 0.717) is 6.04 Å². The number of halogens is 1. The number of benzene rings is 1. The first kappa shape index (κ1) is 11.9. The lowest BCUT2D eigenvalue weighted by Crippen LogP contribution is -2.29. The molecule has 1 aliphatic rings. The van der Waals surface area contributed by atoms with Crippen LogP contribution in [-0.2, 0) is 13.0 Å². The minimum atomic E-state index is 0.373. The van der Waals surface area contributed by atoms with Crippen LogP contribution in [0.2, 0.25) is 0 Å². The minimum Gasteiger partial charge on any atom is -0.330 e. The lowest BCUT2D eigenvalue weighted by molar-refractivity contribution is 0.516. The molecule has 0 radical (unpaired) electrons. The van der Waals surface area contributed by atoms with Gasteiger partial charge in [-0.15, -0.1) is 0 Å². The van der Waals surface area contributed by atoms with E-state index in [0.717, 1.165) is 24.0 Å². The maximum absolute atomic E-state index is 4.55. The van der Waals surface area contributed by atoms with Gasteiger partial charge in [0.15, 0.2) is 0 Å². The molecule has 0 saturated heterocycles. The number of rotatable bonds is 2. The molecule has 4 heteroatoms. The van der Waals surface area contributed by atoms with Gasteiger partial charge < -0.3 is 9.88 Å². The Labute approximate surface area is 115 Å². The monoisotopic (exact) mass is 305 g/mol. The molecular weight excluding hydrogens is 290 g/mol. The van der Waals surface area contributed by atoms with Crippen molar-refractivity contribution >= 4 is 15.9 Å². The molecule has 0 saturated carbocycles. The quantitative estimate of drug-likeness (QED) is 0.924. The van der Waals surface area contributed by atoms with Gasteiger partial charge >= 0.3 is 0 Å². The Morgan fingerprint density at radius 1 is 1.50 bits per heavy atom. The first-order valence-electron chi connectivity index (χ1n) is 6.26. The van der Waals surface area contributed by atoms with E-state index < -0.39 is 0 Å². The largest absolute Gasteiger partial charge is 0.330 e. The van der Waals surface area contributed by atoms with Crippen LogP contribution in [0.25, 0.3) is 0 Å². The predicted molar refractivity (Wildman–Crippen MR) is 75.6 cm³/mol. The van der Waals surface area contributed by atoms with Crippen molar-refractivity contribution in [1.29, 1.82) is 0 Å². The summed E-state index contributed by atoms with van der Waals surface area (Å²) in [4.78, 5) is 4.55. The molecule has 0 spiro atoms. The Hall–Kier alpha value is -1.13. The van der Waals surface area contributed by atoms with Gasteiger partial charge in [-0.05, 0) is 24.6 Å². The van der Waals surface area contributed by atoms with Gasteiger partial charge in [0.25, 0.3) is 0 Å². The molecule has 94 valence electrons. The average molecular weight is 306 g/mol. The van der Waals surface area contributed by atoms with Crippen molar-refractivity contribution in [3.63, 3.8) is 0 Å². The standard InChI is InChI=1S/C14H16BrN3/c1-10-14-13(5-6-16-10)18(9-17-14)8-11-3-2-4-12(15)7-11/h2-4,7,9-10,16H,5-6,8H2,1H3. The van der Waals surface area contributed by atoms with Crippen molar-refractivity contribution in [2.24, 2.45) is 0 Å². The second-order valence-corrected chi connectivity index (χ2v) is 5.68. The Balaban J connectivity index is 1.90. The summed E-state index contributed by atoms with van der Waals surface area (Å²) in [5.74, 6) is 0. The fourth-order valence-electron chi connectivity index (χ4n) is 2.53. The van der Waals surface area contributed by atoms with Crippen LogP contribution in [0.3, 0.4) is 0 Å². The van der Waals surface area contributed by atoms with E-state index in [1.165, 1.54) is 17.0 Å². The van der Waals surface area contributed by atoms with Gasteiger partial charge in [0.05, 0.1) is 12.0 Å². The number of nitrogens with zero attached hydrogens (tertiary/aromatic N) is 2. The predicted octanol–water partition coefficient (Wildman–Crippen LogP) is 2.90. The van der Waals surface area contributed by atoms with Gasteiger partial charge in [-0.2, -0.15) is 0 Å². The fraction of sp³-hybridized carbons (Fsp3) is 0.357. The van der Waals surface area contributed by atoms with Crippen LogP contribution in [0.4, 0.5) is 0 Å². The summed E-state index contributed by atoms with van der Waals surface area (Å²) < 4.78 is 3.40. The van der Waals surface area contributed by atoms with Crippen LogP contribution in [0, 0.1) is 0 Å². The number of nitrogens with one attached hydrogen (secondary N) is 1. The summed E-state index contributed by atoms with van der Waals surface area (Å²) in [7, 11) is 0. The highest BCUT2D eigenvalue weighted by Crippen LogP contribution is 2.22. The summed E-state index contributed by atoms with van der Waals surface area (Å²) in [5, 5.41) is 3.44. The summed E-state index contributed by atoms with van der Waals surface area (Å²) in [6.45, 7) is 4.11. The molecule has 1 atom stereocenters. The smallest absolute Gasteiger partial charge is 0.0955 e. The highest BCUT2D eigenvalue weighted by Gasteiger charge is 2.20. The van der Waals surface area contributed by atoms with Crippen LogP contribution in [0.5, 0.6) is 0 Å². The Kier molecular flexibility index (Phi) is 3.22. The van der Waals surface area contributed by atoms with Gasteiger partial charge in [0, 0.05) is 35.7 Å². The molecule has 1 unspecified atom stereocenters. The van der Waals surface area contributed by atoms with Crippen LogP contribution in [0.15, 0.2) is 35.1 Å². The van der Waals surface area contributed by atoms with Crippen LogP contribution in [0.1, 0.15) is 29.9 Å². The molecule has 0 amide bonds. The minimum absolute atomic E-state index is 0.373. The Morgan fingerprint density at radius 3 is 3.22 bits per heavy atom. The summed E-state index contributed by atoms with van der Waals surface area (Å²) in [6, 6.07) is 8.82. The van der Waals surface area contributed by atoms with Gasteiger partial charge in [-0.3, -0.25) is 0 Å². The summed E-state index contributed by atoms with van der Waals surface area (Å²) in [5.41, 5.74) is 3.88. The van der Waals surface area contributed by atoms with E-state index in [4.69, 9.17) is 0 Å². The third-order valence-corrected chi connectivity index (χ3v) is 3.94. The first-order chi connectivity index (χ1) is 8.74. The van der Waals surface area contributed by atoms with Gasteiger partial charge in [-0.25, -0.2) is 4.98 Å². The van der Waals surface area contributed by atoms with Crippen LogP contribution in [-0.4, -0.2) is 16.1 Å². The Morgan fingerprint density at radius 2 is 2.39 bits per heavy atom. The van der Waals surface area contributed by atoms with E-state index in [9.17, 15) is 0 Å². The van der Waals surface area contributed by atoms with Crippen molar-refractivity contribution < 1.29 is 0 Å². The fourth-order valence-corrected chi connectivity index (χ4v) is 2.98. The number of imidazole rings is 1. The topological polar surface area (TPSA) is 29.9 Å². The number of aromatic nitrogens is 2. The SMILES string of the molecule is CC1NCCc2c1ncn2Cc1cccc(Br)c1. The summed E-state index contributed by atoms with van der Waals surface area (Å²) in [6.07, 6.45) is 3.03. The van der Waals surface area contributed by atoms with E-state index in [1.807, 2.05) is 6.33 Å². The second-order valence-electron chi connectivity index (χ2n) is 4.76. The molecule has 18 heavy (non-hydrogen) atoms. The van der Waals surface area contributed by atoms with E-state index in [-0.39, 0.29) is 0 Å². The molecule has 1 N–H and O–H groups in total. The molecule has 2 heterocycles. The molecular formula is C14H16BrN3. The maximum Gasteiger partial charge on any atom is 0.0955 e. The molecule has 0 aliphatic carbocycles. The third kappa shape index (κ3) is 2.22. The zero-order valence-electron chi connectivity index (χ0n) is 10.4. The lowest BCUT2D eigenvalue weighted by Gasteiger charge is -2.21. The van der Waals surface area contributed by atoms with Gasteiger partial charge in [0.2, 0.25) is 0 Å². The number of hydrogen-bond acceptors (Lipinski definition) is 2. The highest BCUT2D eigenvalue weighted by molar-refractivity contribution is 9.10. The van der Waals surface area contributed by atoms with Crippen molar-refractivity contribution in [2.45, 2.75) is 25.9 Å². The Bertz CT molecular complexity index is 562. The molecule has 1 aromatic carbocycles. The van der Waals surface area contributed by atoms with Crippen molar-refractivity contribution in [3.8, 4) is 0 Å². The average Bonchev–Trinajstić information content (AvgIpc) is 2.74.